The lowest BCUT2D eigenvalue weighted by Crippen LogP contribution is -2.22. The van der Waals surface area contributed by atoms with Gasteiger partial charge < -0.3 is 0 Å². The molecule has 128 valence electrons. The Bertz CT molecular complexity index is 496. The Labute approximate surface area is 136 Å². The molecular weight excluding hydrogens is 301 g/mol. The van der Waals surface area contributed by atoms with Crippen molar-refractivity contribution in [3.8, 4) is 0 Å². The minimum Gasteiger partial charge on any atom is -0.284 e. The predicted octanol–water partition coefficient (Wildman–Crippen LogP) is 6.29. The van der Waals surface area contributed by atoms with Crippen LogP contribution in [0.15, 0.2) is 24.3 Å². The highest BCUT2D eigenvalue weighted by Crippen LogP contribution is 2.38. The van der Waals surface area contributed by atoms with Gasteiger partial charge in [-0.25, -0.2) is 0 Å². The van der Waals surface area contributed by atoms with Crippen LogP contribution >= 0.6 is 0 Å². The van der Waals surface area contributed by atoms with E-state index in [1.807, 2.05) is 0 Å². The van der Waals surface area contributed by atoms with Crippen LogP contribution in [0.2, 0.25) is 0 Å². The van der Waals surface area contributed by atoms with Gasteiger partial charge in [-0.1, -0.05) is 56.9 Å². The molecule has 0 heterocycles. The minimum absolute atomic E-state index is 0.269. The molecule has 1 fully saturated rings. The molecule has 1 aromatic rings. The highest BCUT2D eigenvalue weighted by Gasteiger charge is 2.39. The number of carbonyl (C=O) groups excluding carboxylic acids is 1. The van der Waals surface area contributed by atoms with E-state index < -0.39 is 12.0 Å². The van der Waals surface area contributed by atoms with Gasteiger partial charge in [-0.05, 0) is 43.1 Å². The number of hydrogen-bond acceptors (Lipinski definition) is 1. The van der Waals surface area contributed by atoms with E-state index >= 15 is 0 Å². The summed E-state index contributed by atoms with van der Waals surface area (Å²) >= 11 is 0. The zero-order chi connectivity index (χ0) is 16.9. The summed E-state index contributed by atoms with van der Waals surface area (Å²) in [7, 11) is 0. The Morgan fingerprint density at radius 2 is 1.65 bits per heavy atom. The second-order valence-corrected chi connectivity index (χ2v) is 6.66. The maximum Gasteiger partial charge on any atom is 0.454 e. The van der Waals surface area contributed by atoms with Crippen molar-refractivity contribution in [1.29, 1.82) is 0 Å². The van der Waals surface area contributed by atoms with Gasteiger partial charge in [0.1, 0.15) is 0 Å². The summed E-state index contributed by atoms with van der Waals surface area (Å²) in [6.45, 7) is 2.21. The third kappa shape index (κ3) is 5.08. The molecule has 0 amide bonds. The van der Waals surface area contributed by atoms with Crippen molar-refractivity contribution in [3.05, 3.63) is 35.4 Å². The fourth-order valence-electron chi connectivity index (χ4n) is 3.54. The Kier molecular flexibility index (Phi) is 6.25. The van der Waals surface area contributed by atoms with Gasteiger partial charge in [0.15, 0.2) is 0 Å². The van der Waals surface area contributed by atoms with Crippen molar-refractivity contribution in [3.63, 3.8) is 0 Å². The maximum absolute atomic E-state index is 12.4. The highest BCUT2D eigenvalue weighted by molar-refractivity contribution is 6.00. The number of benzene rings is 1. The van der Waals surface area contributed by atoms with Crippen LogP contribution in [0.4, 0.5) is 13.2 Å². The van der Waals surface area contributed by atoms with Crippen molar-refractivity contribution >= 4 is 5.78 Å². The lowest BCUT2D eigenvalue weighted by molar-refractivity contribution is -0.0885. The Balaban J connectivity index is 1.88. The highest BCUT2D eigenvalue weighted by atomic mass is 19.4. The SMILES string of the molecule is CCCCCC1CCC(c2ccc(C(=O)C(F)(F)F)cc2)CC1. The molecule has 4 heteroatoms. The third-order valence-electron chi connectivity index (χ3n) is 4.96. The topological polar surface area (TPSA) is 17.1 Å². The average molecular weight is 326 g/mol. The summed E-state index contributed by atoms with van der Waals surface area (Å²) in [5.41, 5.74) is 0.797. The molecule has 0 atom stereocenters. The van der Waals surface area contributed by atoms with Crippen LogP contribution in [-0.4, -0.2) is 12.0 Å². The molecule has 0 aliphatic heterocycles. The predicted molar refractivity (Wildman–Crippen MR) is 85.7 cm³/mol. The average Bonchev–Trinajstić information content (AvgIpc) is 2.54. The van der Waals surface area contributed by atoms with Crippen LogP contribution in [-0.2, 0) is 0 Å². The summed E-state index contributed by atoms with van der Waals surface area (Å²) in [6.07, 6.45) is 4.98. The van der Waals surface area contributed by atoms with Gasteiger partial charge in [0.05, 0.1) is 0 Å². The zero-order valence-corrected chi connectivity index (χ0v) is 13.7. The smallest absolute Gasteiger partial charge is 0.284 e. The van der Waals surface area contributed by atoms with Crippen molar-refractivity contribution in [2.24, 2.45) is 5.92 Å². The minimum atomic E-state index is -4.79. The molecule has 0 radical (unpaired) electrons. The monoisotopic (exact) mass is 326 g/mol. The van der Waals surface area contributed by atoms with Crippen molar-refractivity contribution in [1.82, 2.24) is 0 Å². The molecule has 1 saturated carbocycles. The van der Waals surface area contributed by atoms with Gasteiger partial charge in [0.2, 0.25) is 0 Å². The number of hydrogen-bond donors (Lipinski definition) is 0. The van der Waals surface area contributed by atoms with Crippen LogP contribution < -0.4 is 0 Å². The Morgan fingerprint density at radius 3 is 2.17 bits per heavy atom. The first-order chi connectivity index (χ1) is 10.9. The molecule has 0 saturated heterocycles. The molecule has 0 spiro atoms. The first-order valence-corrected chi connectivity index (χ1v) is 8.63. The molecule has 0 unspecified atom stereocenters. The Morgan fingerprint density at radius 1 is 1.04 bits per heavy atom. The van der Waals surface area contributed by atoms with Crippen LogP contribution in [0.1, 0.15) is 80.1 Å². The first kappa shape index (κ1) is 18.0. The lowest BCUT2D eigenvalue weighted by Gasteiger charge is -2.29. The molecule has 1 aliphatic rings. The van der Waals surface area contributed by atoms with Gasteiger partial charge >= 0.3 is 6.18 Å². The third-order valence-corrected chi connectivity index (χ3v) is 4.96. The molecule has 1 aliphatic carbocycles. The standard InChI is InChI=1S/C19H25F3O/c1-2-3-4-5-14-6-8-15(9-7-14)16-10-12-17(13-11-16)18(23)19(20,21)22/h10-15H,2-9H2,1H3. The van der Waals surface area contributed by atoms with Gasteiger partial charge in [-0.2, -0.15) is 13.2 Å². The van der Waals surface area contributed by atoms with Gasteiger partial charge in [0.25, 0.3) is 5.78 Å². The van der Waals surface area contributed by atoms with E-state index in [1.54, 1.807) is 12.1 Å². The van der Waals surface area contributed by atoms with Crippen LogP contribution in [0.3, 0.4) is 0 Å². The van der Waals surface area contributed by atoms with E-state index in [9.17, 15) is 18.0 Å². The molecular formula is C19H25F3O. The summed E-state index contributed by atoms with van der Waals surface area (Å²) in [6, 6.07) is 6.03. The fraction of sp³-hybridized carbons (Fsp3) is 0.632. The first-order valence-electron chi connectivity index (χ1n) is 8.63. The molecule has 0 N–H and O–H groups in total. The van der Waals surface area contributed by atoms with E-state index in [-0.39, 0.29) is 5.56 Å². The van der Waals surface area contributed by atoms with Crippen molar-refractivity contribution in [2.75, 3.05) is 0 Å². The number of unbranched alkanes of at least 4 members (excludes halogenated alkanes) is 2. The quantitative estimate of drug-likeness (QED) is 0.444. The molecule has 1 aromatic carbocycles. The van der Waals surface area contributed by atoms with E-state index in [0.717, 1.165) is 24.3 Å². The van der Waals surface area contributed by atoms with Gasteiger partial charge in [0, 0.05) is 5.56 Å². The number of carbonyl (C=O) groups is 1. The summed E-state index contributed by atoms with van der Waals surface area (Å²) in [5, 5.41) is 0. The van der Waals surface area contributed by atoms with Crippen LogP contribution in [0.25, 0.3) is 0 Å². The lowest BCUT2D eigenvalue weighted by atomic mass is 9.77. The number of Topliss-reactive ketones (excluding diaryl/α,β-unsaturated/α-hetero) is 1. The summed E-state index contributed by atoms with van der Waals surface area (Å²) < 4.78 is 37.2. The molecule has 23 heavy (non-hydrogen) atoms. The van der Waals surface area contributed by atoms with E-state index in [1.165, 1.54) is 50.7 Å². The molecule has 1 nitrogen and oxygen atoms in total. The number of ketones is 1. The van der Waals surface area contributed by atoms with Crippen molar-refractivity contribution < 1.29 is 18.0 Å². The summed E-state index contributed by atoms with van der Waals surface area (Å²) in [4.78, 5) is 11.2. The van der Waals surface area contributed by atoms with Crippen molar-refractivity contribution in [2.45, 2.75) is 70.4 Å². The second-order valence-electron chi connectivity index (χ2n) is 6.66. The molecule has 0 bridgehead atoms. The second kappa shape index (κ2) is 7.98. The fourth-order valence-corrected chi connectivity index (χ4v) is 3.54. The van der Waals surface area contributed by atoms with E-state index in [4.69, 9.17) is 0 Å². The van der Waals surface area contributed by atoms with E-state index in [2.05, 4.69) is 6.92 Å². The number of alkyl halides is 3. The van der Waals surface area contributed by atoms with Gasteiger partial charge in [-0.3, -0.25) is 4.79 Å². The normalized spacial score (nSPS) is 22.1. The summed E-state index contributed by atoms with van der Waals surface area (Å²) in [5.74, 6) is -0.528. The zero-order valence-electron chi connectivity index (χ0n) is 13.7. The van der Waals surface area contributed by atoms with E-state index in [0.29, 0.717) is 5.92 Å². The molecule has 2 rings (SSSR count). The van der Waals surface area contributed by atoms with Crippen LogP contribution in [0, 0.1) is 5.92 Å². The maximum atomic E-state index is 12.4. The number of halogens is 3. The number of rotatable bonds is 6. The molecule has 0 aromatic heterocycles. The Hall–Kier alpha value is -1.32. The van der Waals surface area contributed by atoms with Crippen LogP contribution in [0.5, 0.6) is 0 Å². The largest absolute Gasteiger partial charge is 0.454 e. The van der Waals surface area contributed by atoms with Gasteiger partial charge in [-0.15, -0.1) is 0 Å².